The third-order valence-corrected chi connectivity index (χ3v) is 1.85. The van der Waals surface area contributed by atoms with Crippen LogP contribution in [0.4, 0.5) is 13.2 Å². The highest BCUT2D eigenvalue weighted by Gasteiger charge is 2.23. The summed E-state index contributed by atoms with van der Waals surface area (Å²) in [6.45, 7) is 0.124. The highest BCUT2D eigenvalue weighted by molar-refractivity contribution is 5.21. The Morgan fingerprint density at radius 3 is 2.64 bits per heavy atom. The average molecular weight is 207 g/mol. The molecule has 0 saturated heterocycles. The van der Waals surface area contributed by atoms with Crippen molar-refractivity contribution >= 4 is 0 Å². The molecule has 80 valence electrons. The molecule has 0 aromatic carbocycles. The Hall–Kier alpha value is -1.04. The molecule has 1 atom stereocenters. The van der Waals surface area contributed by atoms with Crippen LogP contribution >= 0.6 is 0 Å². The molecule has 0 bridgehead atoms. The van der Waals surface area contributed by atoms with Gasteiger partial charge in [0.25, 0.3) is 6.43 Å². The van der Waals surface area contributed by atoms with Crippen LogP contribution in [0.5, 0.6) is 0 Å². The molecule has 1 aromatic rings. The SMILES string of the molecule is Cn1cc(C(F)CCN)c(C(F)F)n1. The van der Waals surface area contributed by atoms with Crippen LogP contribution in [0.1, 0.15) is 30.3 Å². The first-order chi connectivity index (χ1) is 6.56. The lowest BCUT2D eigenvalue weighted by molar-refractivity contribution is 0.141. The minimum Gasteiger partial charge on any atom is -0.330 e. The van der Waals surface area contributed by atoms with Crippen molar-refractivity contribution in [3.05, 3.63) is 17.5 Å². The van der Waals surface area contributed by atoms with E-state index in [1.165, 1.54) is 17.9 Å². The number of aromatic nitrogens is 2. The number of nitrogens with two attached hydrogens (primary N) is 1. The molecule has 1 unspecified atom stereocenters. The van der Waals surface area contributed by atoms with Gasteiger partial charge in [-0.25, -0.2) is 13.2 Å². The predicted octanol–water partition coefficient (Wildman–Crippen LogP) is 1.72. The second kappa shape index (κ2) is 4.45. The van der Waals surface area contributed by atoms with E-state index >= 15 is 0 Å². The van der Waals surface area contributed by atoms with Crippen LogP contribution in [0.2, 0.25) is 0 Å². The highest BCUT2D eigenvalue weighted by Crippen LogP contribution is 2.29. The van der Waals surface area contributed by atoms with Gasteiger partial charge in [-0.05, 0) is 13.0 Å². The molecular weight excluding hydrogens is 195 g/mol. The summed E-state index contributed by atoms with van der Waals surface area (Å²) in [5, 5.41) is 3.50. The third-order valence-electron chi connectivity index (χ3n) is 1.85. The Morgan fingerprint density at radius 2 is 2.14 bits per heavy atom. The molecule has 14 heavy (non-hydrogen) atoms. The van der Waals surface area contributed by atoms with Crippen molar-refractivity contribution in [2.75, 3.05) is 6.54 Å². The first-order valence-electron chi connectivity index (χ1n) is 4.22. The van der Waals surface area contributed by atoms with E-state index in [0.717, 1.165) is 0 Å². The maximum Gasteiger partial charge on any atom is 0.282 e. The summed E-state index contributed by atoms with van der Waals surface area (Å²) in [6, 6.07) is 0. The normalized spacial score (nSPS) is 13.6. The lowest BCUT2D eigenvalue weighted by Gasteiger charge is -2.05. The second-order valence-electron chi connectivity index (χ2n) is 2.99. The summed E-state index contributed by atoms with van der Waals surface area (Å²) in [5.41, 5.74) is 4.59. The smallest absolute Gasteiger partial charge is 0.282 e. The molecule has 0 radical (unpaired) electrons. The summed E-state index contributed by atoms with van der Waals surface area (Å²) in [5.74, 6) is 0. The molecule has 0 saturated carbocycles. The van der Waals surface area contributed by atoms with Crippen molar-refractivity contribution < 1.29 is 13.2 Å². The first-order valence-corrected chi connectivity index (χ1v) is 4.22. The van der Waals surface area contributed by atoms with Crippen molar-refractivity contribution in [2.45, 2.75) is 19.0 Å². The van der Waals surface area contributed by atoms with Crippen molar-refractivity contribution in [3.63, 3.8) is 0 Å². The van der Waals surface area contributed by atoms with Gasteiger partial charge in [-0.2, -0.15) is 5.10 Å². The van der Waals surface area contributed by atoms with Crippen LogP contribution in [-0.2, 0) is 7.05 Å². The molecule has 0 spiro atoms. The summed E-state index contributed by atoms with van der Waals surface area (Å²) in [7, 11) is 1.48. The van der Waals surface area contributed by atoms with Crippen LogP contribution in [0.15, 0.2) is 6.20 Å². The Morgan fingerprint density at radius 1 is 1.50 bits per heavy atom. The van der Waals surface area contributed by atoms with Crippen LogP contribution in [0, 0.1) is 0 Å². The molecule has 6 heteroatoms. The molecule has 0 aliphatic heterocycles. The Balaban J connectivity index is 2.94. The molecular formula is C8H12F3N3. The van der Waals surface area contributed by atoms with E-state index in [2.05, 4.69) is 5.10 Å². The van der Waals surface area contributed by atoms with E-state index in [1.54, 1.807) is 0 Å². The number of hydrogen-bond acceptors (Lipinski definition) is 2. The van der Waals surface area contributed by atoms with E-state index in [4.69, 9.17) is 5.73 Å². The molecule has 1 rings (SSSR count). The van der Waals surface area contributed by atoms with Crippen molar-refractivity contribution in [3.8, 4) is 0 Å². The van der Waals surface area contributed by atoms with Gasteiger partial charge >= 0.3 is 0 Å². The fourth-order valence-corrected chi connectivity index (χ4v) is 1.24. The summed E-state index contributed by atoms with van der Waals surface area (Å²) >= 11 is 0. The molecule has 1 aromatic heterocycles. The molecule has 0 aliphatic carbocycles. The van der Waals surface area contributed by atoms with E-state index in [1.807, 2.05) is 0 Å². The lowest BCUT2D eigenvalue weighted by Crippen LogP contribution is -2.05. The van der Waals surface area contributed by atoms with Crippen molar-refractivity contribution in [1.82, 2.24) is 9.78 Å². The zero-order valence-electron chi connectivity index (χ0n) is 7.75. The fourth-order valence-electron chi connectivity index (χ4n) is 1.24. The first kappa shape index (κ1) is 11.0. The summed E-state index contributed by atoms with van der Waals surface area (Å²) in [4.78, 5) is 0. The molecule has 1 heterocycles. The molecule has 0 fully saturated rings. The van der Waals surface area contributed by atoms with Gasteiger partial charge in [0.1, 0.15) is 11.9 Å². The summed E-state index contributed by atoms with van der Waals surface area (Å²) < 4.78 is 39.2. The highest BCUT2D eigenvalue weighted by atomic mass is 19.3. The second-order valence-corrected chi connectivity index (χ2v) is 2.99. The lowest BCUT2D eigenvalue weighted by atomic mass is 10.1. The van der Waals surface area contributed by atoms with Gasteiger partial charge < -0.3 is 5.73 Å². The van der Waals surface area contributed by atoms with Crippen LogP contribution < -0.4 is 5.73 Å². The topological polar surface area (TPSA) is 43.8 Å². The predicted molar refractivity (Wildman–Crippen MR) is 45.7 cm³/mol. The standard InChI is InChI=1S/C8H12F3N3/c1-14-4-5(6(9)2-3-12)7(13-14)8(10)11/h4,6,8H,2-3,12H2,1H3. The van der Waals surface area contributed by atoms with E-state index in [9.17, 15) is 13.2 Å². The maximum absolute atomic E-state index is 13.3. The van der Waals surface area contributed by atoms with Crippen LogP contribution in [0.25, 0.3) is 0 Å². The van der Waals surface area contributed by atoms with Crippen LogP contribution in [-0.4, -0.2) is 16.3 Å². The maximum atomic E-state index is 13.3. The Labute approximate surface area is 79.7 Å². The van der Waals surface area contributed by atoms with Gasteiger partial charge in [0.15, 0.2) is 0 Å². The third kappa shape index (κ3) is 2.25. The van der Waals surface area contributed by atoms with Gasteiger partial charge in [-0.15, -0.1) is 0 Å². The van der Waals surface area contributed by atoms with Gasteiger partial charge in [0, 0.05) is 18.8 Å². The number of aryl methyl sites for hydroxylation is 1. The van der Waals surface area contributed by atoms with Gasteiger partial charge in [0.2, 0.25) is 0 Å². The minimum atomic E-state index is -2.75. The van der Waals surface area contributed by atoms with E-state index in [-0.39, 0.29) is 18.5 Å². The number of hydrogen-bond donors (Lipinski definition) is 1. The Bertz CT molecular complexity index is 298. The molecule has 3 nitrogen and oxygen atoms in total. The quantitative estimate of drug-likeness (QED) is 0.816. The van der Waals surface area contributed by atoms with Crippen LogP contribution in [0.3, 0.4) is 0 Å². The van der Waals surface area contributed by atoms with Crippen molar-refractivity contribution in [1.29, 1.82) is 0 Å². The van der Waals surface area contributed by atoms with Gasteiger partial charge in [0.05, 0.1) is 0 Å². The number of rotatable bonds is 4. The summed E-state index contributed by atoms with van der Waals surface area (Å²) in [6.07, 6.45) is -2.91. The van der Waals surface area contributed by atoms with Gasteiger partial charge in [-0.1, -0.05) is 0 Å². The van der Waals surface area contributed by atoms with Crippen molar-refractivity contribution in [2.24, 2.45) is 12.8 Å². The number of alkyl halides is 3. The van der Waals surface area contributed by atoms with E-state index < -0.39 is 18.3 Å². The minimum absolute atomic E-state index is 0.0331. The largest absolute Gasteiger partial charge is 0.330 e. The fraction of sp³-hybridized carbons (Fsp3) is 0.625. The number of nitrogens with zero attached hydrogens (tertiary/aromatic N) is 2. The van der Waals surface area contributed by atoms with Gasteiger partial charge in [-0.3, -0.25) is 4.68 Å². The molecule has 0 amide bonds. The molecule has 0 aliphatic rings. The zero-order chi connectivity index (χ0) is 10.7. The zero-order valence-corrected chi connectivity index (χ0v) is 7.75. The molecule has 2 N–H and O–H groups in total. The number of halogens is 3. The Kier molecular flexibility index (Phi) is 3.51. The van der Waals surface area contributed by atoms with E-state index in [0.29, 0.717) is 0 Å². The monoisotopic (exact) mass is 207 g/mol. The average Bonchev–Trinajstić information content (AvgIpc) is 2.48.